The van der Waals surface area contributed by atoms with Gasteiger partial charge in [-0.05, 0) is 42.5 Å². The zero-order valence-corrected chi connectivity index (χ0v) is 13.5. The van der Waals surface area contributed by atoms with Gasteiger partial charge in [0.15, 0.2) is 0 Å². The first-order valence-electron chi connectivity index (χ1n) is 8.46. The van der Waals surface area contributed by atoms with Crippen molar-refractivity contribution in [2.75, 3.05) is 18.0 Å². The summed E-state index contributed by atoms with van der Waals surface area (Å²) in [6.07, 6.45) is 4.36. The normalized spacial score (nSPS) is 14.5. The Hall–Kier alpha value is -2.29. The molecular weight excluding hydrogens is 284 g/mol. The van der Waals surface area contributed by atoms with Gasteiger partial charge in [0.1, 0.15) is 0 Å². The van der Waals surface area contributed by atoms with Crippen molar-refractivity contribution in [2.45, 2.75) is 32.2 Å². The third-order valence-electron chi connectivity index (χ3n) is 4.35. The number of anilines is 1. The second kappa shape index (κ2) is 7.82. The summed E-state index contributed by atoms with van der Waals surface area (Å²) in [5.74, 6) is 0.0660. The van der Waals surface area contributed by atoms with E-state index in [1.165, 1.54) is 24.9 Å². The van der Waals surface area contributed by atoms with Crippen molar-refractivity contribution in [3.8, 4) is 0 Å². The number of carbonyl (C=O) groups is 1. The van der Waals surface area contributed by atoms with Gasteiger partial charge in [0.05, 0.1) is 6.42 Å². The summed E-state index contributed by atoms with van der Waals surface area (Å²) in [6, 6.07) is 18.4. The molecule has 1 N–H and O–H groups in total. The van der Waals surface area contributed by atoms with Gasteiger partial charge in [-0.3, -0.25) is 4.79 Å². The predicted molar refractivity (Wildman–Crippen MR) is 94.5 cm³/mol. The molecule has 1 aliphatic heterocycles. The Morgan fingerprint density at radius 3 is 2.26 bits per heavy atom. The van der Waals surface area contributed by atoms with Crippen molar-refractivity contribution in [1.82, 2.24) is 5.32 Å². The lowest BCUT2D eigenvalue weighted by Crippen LogP contribution is -2.29. The largest absolute Gasteiger partial charge is 0.372 e. The molecule has 0 saturated carbocycles. The average Bonchev–Trinajstić information content (AvgIpc) is 2.62. The number of hydrogen-bond acceptors (Lipinski definition) is 2. The van der Waals surface area contributed by atoms with Crippen molar-refractivity contribution in [3.05, 3.63) is 65.7 Å². The van der Waals surface area contributed by atoms with Crippen LogP contribution in [0.15, 0.2) is 54.6 Å². The molecule has 0 radical (unpaired) electrons. The van der Waals surface area contributed by atoms with Crippen LogP contribution in [0.5, 0.6) is 0 Å². The number of hydrogen-bond donors (Lipinski definition) is 1. The molecule has 2 aromatic carbocycles. The van der Waals surface area contributed by atoms with E-state index in [1.54, 1.807) is 0 Å². The summed E-state index contributed by atoms with van der Waals surface area (Å²) in [5.41, 5.74) is 3.49. The Kier molecular flexibility index (Phi) is 5.30. The number of nitrogens with zero attached hydrogens (tertiary/aromatic N) is 1. The maximum Gasteiger partial charge on any atom is 0.224 e. The Bertz CT molecular complexity index is 616. The molecule has 1 aliphatic rings. The van der Waals surface area contributed by atoms with E-state index in [0.717, 1.165) is 24.2 Å². The summed E-state index contributed by atoms with van der Waals surface area (Å²) in [7, 11) is 0. The molecule has 120 valence electrons. The second-order valence-corrected chi connectivity index (χ2v) is 6.15. The monoisotopic (exact) mass is 308 g/mol. The predicted octanol–water partition coefficient (Wildman–Crippen LogP) is 3.54. The molecular formula is C20H24N2O. The van der Waals surface area contributed by atoms with E-state index < -0.39 is 0 Å². The lowest BCUT2D eigenvalue weighted by atomic mass is 10.1. The Morgan fingerprint density at radius 2 is 1.57 bits per heavy atom. The van der Waals surface area contributed by atoms with Gasteiger partial charge in [-0.1, -0.05) is 42.5 Å². The highest BCUT2D eigenvalue weighted by Crippen LogP contribution is 2.20. The van der Waals surface area contributed by atoms with E-state index in [1.807, 2.05) is 30.3 Å². The summed E-state index contributed by atoms with van der Waals surface area (Å²) in [5, 5.41) is 2.99. The molecule has 0 unspecified atom stereocenters. The van der Waals surface area contributed by atoms with Gasteiger partial charge in [-0.15, -0.1) is 0 Å². The Balaban J connectivity index is 1.49. The van der Waals surface area contributed by atoms with Crippen LogP contribution in [-0.4, -0.2) is 19.0 Å². The van der Waals surface area contributed by atoms with E-state index in [-0.39, 0.29) is 5.91 Å². The van der Waals surface area contributed by atoms with E-state index in [4.69, 9.17) is 0 Å². The molecule has 0 aliphatic carbocycles. The van der Waals surface area contributed by atoms with Crippen LogP contribution in [0.3, 0.4) is 0 Å². The number of amides is 1. The van der Waals surface area contributed by atoms with E-state index in [0.29, 0.717) is 13.0 Å². The maximum atomic E-state index is 12.0. The molecule has 3 heteroatoms. The van der Waals surface area contributed by atoms with Gasteiger partial charge in [0, 0.05) is 25.3 Å². The fourth-order valence-electron chi connectivity index (χ4n) is 3.02. The molecule has 1 amide bonds. The number of piperidine rings is 1. The van der Waals surface area contributed by atoms with Gasteiger partial charge in [-0.25, -0.2) is 0 Å². The van der Waals surface area contributed by atoms with Crippen molar-refractivity contribution >= 4 is 11.6 Å². The maximum absolute atomic E-state index is 12.0. The molecule has 0 spiro atoms. The Labute approximate surface area is 138 Å². The lowest BCUT2D eigenvalue weighted by molar-refractivity contribution is -0.120. The molecule has 1 saturated heterocycles. The number of rotatable bonds is 5. The topological polar surface area (TPSA) is 32.3 Å². The number of benzene rings is 2. The minimum atomic E-state index is 0.0660. The minimum Gasteiger partial charge on any atom is -0.372 e. The Morgan fingerprint density at radius 1 is 0.870 bits per heavy atom. The molecule has 1 fully saturated rings. The summed E-state index contributed by atoms with van der Waals surface area (Å²) in [6.45, 7) is 2.91. The second-order valence-electron chi connectivity index (χ2n) is 6.15. The highest BCUT2D eigenvalue weighted by atomic mass is 16.1. The first-order valence-corrected chi connectivity index (χ1v) is 8.46. The molecule has 2 aromatic rings. The van der Waals surface area contributed by atoms with Crippen LogP contribution in [0, 0.1) is 0 Å². The van der Waals surface area contributed by atoms with Crippen LogP contribution in [-0.2, 0) is 17.8 Å². The molecule has 23 heavy (non-hydrogen) atoms. The number of carbonyl (C=O) groups excluding carboxylic acids is 1. The molecule has 3 nitrogen and oxygen atoms in total. The zero-order valence-electron chi connectivity index (χ0n) is 13.5. The minimum absolute atomic E-state index is 0.0660. The van der Waals surface area contributed by atoms with Crippen LogP contribution in [0.2, 0.25) is 0 Å². The molecule has 0 bridgehead atoms. The van der Waals surface area contributed by atoms with Gasteiger partial charge >= 0.3 is 0 Å². The highest BCUT2D eigenvalue weighted by molar-refractivity contribution is 5.78. The quantitative estimate of drug-likeness (QED) is 0.916. The molecule has 1 heterocycles. The third kappa shape index (κ3) is 4.59. The van der Waals surface area contributed by atoms with E-state index >= 15 is 0 Å². The fraction of sp³-hybridized carbons (Fsp3) is 0.350. The van der Waals surface area contributed by atoms with Crippen LogP contribution in [0.1, 0.15) is 30.4 Å². The molecule has 0 atom stereocenters. The zero-order chi connectivity index (χ0) is 15.9. The summed E-state index contributed by atoms with van der Waals surface area (Å²) >= 11 is 0. The molecule has 0 aromatic heterocycles. The number of nitrogens with one attached hydrogen (secondary N) is 1. The third-order valence-corrected chi connectivity index (χ3v) is 4.35. The standard InChI is InChI=1S/C20H24N2O/c23-20(15-17-7-3-1-4-8-17)21-16-18-9-11-19(12-10-18)22-13-5-2-6-14-22/h1,3-4,7-12H,2,5-6,13-16H2,(H,21,23). The fourth-order valence-corrected chi connectivity index (χ4v) is 3.02. The van der Waals surface area contributed by atoms with Crippen LogP contribution in [0.25, 0.3) is 0 Å². The van der Waals surface area contributed by atoms with Crippen molar-refractivity contribution in [3.63, 3.8) is 0 Å². The highest BCUT2D eigenvalue weighted by Gasteiger charge is 2.10. The van der Waals surface area contributed by atoms with Gasteiger partial charge in [0.25, 0.3) is 0 Å². The van der Waals surface area contributed by atoms with Crippen molar-refractivity contribution < 1.29 is 4.79 Å². The molecule has 3 rings (SSSR count). The van der Waals surface area contributed by atoms with Crippen molar-refractivity contribution in [1.29, 1.82) is 0 Å². The van der Waals surface area contributed by atoms with Crippen LogP contribution in [0.4, 0.5) is 5.69 Å². The van der Waals surface area contributed by atoms with Gasteiger partial charge < -0.3 is 10.2 Å². The summed E-state index contributed by atoms with van der Waals surface area (Å²) in [4.78, 5) is 14.4. The smallest absolute Gasteiger partial charge is 0.224 e. The van der Waals surface area contributed by atoms with Crippen LogP contribution < -0.4 is 10.2 Å². The van der Waals surface area contributed by atoms with Gasteiger partial charge in [-0.2, -0.15) is 0 Å². The van der Waals surface area contributed by atoms with E-state index in [2.05, 4.69) is 34.5 Å². The van der Waals surface area contributed by atoms with Gasteiger partial charge in [0.2, 0.25) is 5.91 Å². The lowest BCUT2D eigenvalue weighted by Gasteiger charge is -2.28. The average molecular weight is 308 g/mol. The van der Waals surface area contributed by atoms with Crippen molar-refractivity contribution in [2.24, 2.45) is 0 Å². The SMILES string of the molecule is O=C(Cc1ccccc1)NCc1ccc(N2CCCCC2)cc1. The first-order chi connectivity index (χ1) is 11.3. The summed E-state index contributed by atoms with van der Waals surface area (Å²) < 4.78 is 0. The van der Waals surface area contributed by atoms with E-state index in [9.17, 15) is 4.79 Å². The van der Waals surface area contributed by atoms with Crippen LogP contribution >= 0.6 is 0 Å². The first kappa shape index (κ1) is 15.6.